The zero-order chi connectivity index (χ0) is 25.1. The van der Waals surface area contributed by atoms with Crippen molar-refractivity contribution < 1.29 is 23.9 Å². The van der Waals surface area contributed by atoms with Crippen LogP contribution in [0.2, 0.25) is 10.0 Å². The van der Waals surface area contributed by atoms with E-state index in [1.807, 2.05) is 12.1 Å². The number of nitrogens with zero attached hydrogens (tertiary/aromatic N) is 1. The molecule has 0 radical (unpaired) electrons. The Kier molecular flexibility index (Phi) is 7.45. The predicted octanol–water partition coefficient (Wildman–Crippen LogP) is 6.01. The molecular weight excluding hydrogens is 559 g/mol. The van der Waals surface area contributed by atoms with Gasteiger partial charge in [-0.05, 0) is 65.7 Å². The first-order valence-electron chi connectivity index (χ1n) is 10.2. The zero-order valence-electron chi connectivity index (χ0n) is 18.2. The highest BCUT2D eigenvalue weighted by molar-refractivity contribution is 9.10. The van der Waals surface area contributed by atoms with E-state index in [4.69, 9.17) is 32.7 Å². The maximum absolute atomic E-state index is 13.1. The molecule has 7 nitrogen and oxygen atoms in total. The van der Waals surface area contributed by atoms with Crippen LogP contribution in [-0.4, -0.2) is 25.0 Å². The number of halogens is 3. The van der Waals surface area contributed by atoms with Crippen LogP contribution in [0.1, 0.15) is 11.1 Å². The van der Waals surface area contributed by atoms with Crippen LogP contribution in [-0.2, 0) is 16.2 Å². The zero-order valence-corrected chi connectivity index (χ0v) is 21.3. The van der Waals surface area contributed by atoms with E-state index in [0.29, 0.717) is 27.8 Å². The first kappa shape index (κ1) is 24.8. The number of imide groups is 2. The van der Waals surface area contributed by atoms with Crippen LogP contribution in [0.5, 0.6) is 11.5 Å². The van der Waals surface area contributed by atoms with Gasteiger partial charge in [0.05, 0.1) is 17.8 Å². The summed E-state index contributed by atoms with van der Waals surface area (Å²) in [6.07, 6.45) is 1.34. The molecule has 0 atom stereocenters. The molecule has 1 aliphatic rings. The number of carbonyl (C=O) groups is 3. The monoisotopic (exact) mass is 574 g/mol. The third kappa shape index (κ3) is 5.51. The van der Waals surface area contributed by atoms with Crippen LogP contribution < -0.4 is 19.7 Å². The molecule has 0 aliphatic carbocycles. The molecule has 0 unspecified atom stereocenters. The summed E-state index contributed by atoms with van der Waals surface area (Å²) < 4.78 is 12.0. The van der Waals surface area contributed by atoms with E-state index < -0.39 is 17.8 Å². The highest BCUT2D eigenvalue weighted by Gasteiger charge is 2.36. The number of amides is 4. The topological polar surface area (TPSA) is 84.9 Å². The third-order valence-corrected chi connectivity index (χ3v) is 6.11. The fourth-order valence-electron chi connectivity index (χ4n) is 3.35. The van der Waals surface area contributed by atoms with E-state index in [-0.39, 0.29) is 17.2 Å². The lowest BCUT2D eigenvalue weighted by molar-refractivity contribution is -0.122. The molecule has 10 heteroatoms. The van der Waals surface area contributed by atoms with Gasteiger partial charge in [-0.25, -0.2) is 9.69 Å². The summed E-state index contributed by atoms with van der Waals surface area (Å²) in [4.78, 5) is 38.8. The maximum atomic E-state index is 13.1. The van der Waals surface area contributed by atoms with Gasteiger partial charge in [0.25, 0.3) is 11.8 Å². The van der Waals surface area contributed by atoms with Crippen LogP contribution in [0.4, 0.5) is 10.5 Å². The second kappa shape index (κ2) is 10.5. The van der Waals surface area contributed by atoms with Crippen molar-refractivity contribution in [1.82, 2.24) is 5.32 Å². The predicted molar refractivity (Wildman–Crippen MR) is 137 cm³/mol. The molecule has 4 rings (SSSR count). The Bertz CT molecular complexity index is 1340. The molecule has 1 fully saturated rings. The average molecular weight is 576 g/mol. The molecule has 0 spiro atoms. The number of nitrogens with one attached hydrogen (secondary N) is 1. The molecule has 3 aromatic rings. The molecule has 178 valence electrons. The number of barbiturate groups is 1. The smallest absolute Gasteiger partial charge is 0.335 e. The normalized spacial score (nSPS) is 14.8. The first-order chi connectivity index (χ1) is 16.8. The van der Waals surface area contributed by atoms with Gasteiger partial charge in [0.15, 0.2) is 11.5 Å². The van der Waals surface area contributed by atoms with Gasteiger partial charge in [0, 0.05) is 9.50 Å². The van der Waals surface area contributed by atoms with E-state index in [1.165, 1.54) is 19.3 Å². The van der Waals surface area contributed by atoms with Crippen LogP contribution >= 0.6 is 39.1 Å². The van der Waals surface area contributed by atoms with Gasteiger partial charge >= 0.3 is 6.03 Å². The van der Waals surface area contributed by atoms with Gasteiger partial charge in [-0.15, -0.1) is 0 Å². The van der Waals surface area contributed by atoms with Crippen LogP contribution in [0, 0.1) is 0 Å². The summed E-state index contributed by atoms with van der Waals surface area (Å²) >= 11 is 15.7. The van der Waals surface area contributed by atoms with E-state index >= 15 is 0 Å². The van der Waals surface area contributed by atoms with Gasteiger partial charge in [0.1, 0.15) is 12.2 Å². The van der Waals surface area contributed by atoms with E-state index in [1.54, 1.807) is 42.5 Å². The summed E-state index contributed by atoms with van der Waals surface area (Å²) in [6, 6.07) is 16.0. The van der Waals surface area contributed by atoms with E-state index in [2.05, 4.69) is 21.2 Å². The Balaban J connectivity index is 1.63. The number of hydrogen-bond donors (Lipinski definition) is 1. The van der Waals surface area contributed by atoms with Gasteiger partial charge in [0.2, 0.25) is 0 Å². The van der Waals surface area contributed by atoms with Crippen LogP contribution in [0.3, 0.4) is 0 Å². The van der Waals surface area contributed by atoms with Crippen molar-refractivity contribution in [3.05, 3.63) is 91.9 Å². The van der Waals surface area contributed by atoms with Crippen molar-refractivity contribution in [1.29, 1.82) is 0 Å². The summed E-state index contributed by atoms with van der Waals surface area (Å²) in [7, 11) is 1.45. The molecule has 35 heavy (non-hydrogen) atoms. The van der Waals surface area contributed by atoms with Gasteiger partial charge in [-0.2, -0.15) is 0 Å². The number of anilines is 1. The molecule has 0 saturated carbocycles. The summed E-state index contributed by atoms with van der Waals surface area (Å²) in [5, 5.41) is 3.02. The molecule has 0 bridgehead atoms. The number of carbonyl (C=O) groups excluding carboxylic acids is 3. The number of benzene rings is 3. The molecule has 1 aliphatic heterocycles. The van der Waals surface area contributed by atoms with Gasteiger partial charge in [-0.3, -0.25) is 14.9 Å². The SMILES string of the molecule is COc1cc(/C=C2\C(=O)NC(=O)N(c3ccc(Br)cc3)C2=O)cc(Cl)c1OCc1ccc(Cl)cc1. The van der Waals surface area contributed by atoms with Crippen molar-refractivity contribution in [3.8, 4) is 11.5 Å². The van der Waals surface area contributed by atoms with Gasteiger partial charge < -0.3 is 9.47 Å². The Hall–Kier alpha value is -3.33. The lowest BCUT2D eigenvalue weighted by Gasteiger charge is -2.26. The lowest BCUT2D eigenvalue weighted by atomic mass is 10.1. The van der Waals surface area contributed by atoms with Crippen molar-refractivity contribution in [2.24, 2.45) is 0 Å². The van der Waals surface area contributed by atoms with Crippen LogP contribution in [0.15, 0.2) is 70.7 Å². The van der Waals surface area contributed by atoms with Crippen molar-refractivity contribution >= 4 is 68.7 Å². The molecule has 1 saturated heterocycles. The van der Waals surface area contributed by atoms with Crippen LogP contribution in [0.25, 0.3) is 6.08 Å². The number of ether oxygens (including phenoxy) is 2. The number of hydrogen-bond acceptors (Lipinski definition) is 5. The highest BCUT2D eigenvalue weighted by Crippen LogP contribution is 2.38. The summed E-state index contributed by atoms with van der Waals surface area (Å²) in [6.45, 7) is 0.221. The molecule has 0 aromatic heterocycles. The molecule has 3 aromatic carbocycles. The first-order valence-corrected chi connectivity index (χ1v) is 11.7. The minimum absolute atomic E-state index is 0.217. The number of urea groups is 1. The van der Waals surface area contributed by atoms with E-state index in [9.17, 15) is 14.4 Å². The average Bonchev–Trinajstić information content (AvgIpc) is 2.83. The van der Waals surface area contributed by atoms with Crippen molar-refractivity contribution in [2.75, 3.05) is 12.0 Å². The Morgan fingerprint density at radius 1 is 1.00 bits per heavy atom. The maximum Gasteiger partial charge on any atom is 0.335 e. The Morgan fingerprint density at radius 2 is 1.69 bits per heavy atom. The summed E-state index contributed by atoms with van der Waals surface area (Å²) in [5.41, 5.74) is 1.37. The fourth-order valence-corrected chi connectivity index (χ4v) is 4.01. The minimum atomic E-state index is -0.832. The lowest BCUT2D eigenvalue weighted by Crippen LogP contribution is -2.54. The standard InChI is InChI=1S/C25H17BrCl2N2O5/c1-34-21-12-15(11-20(28)22(21)35-13-14-2-6-17(27)7-3-14)10-19-23(31)29-25(33)30(24(19)32)18-8-4-16(26)5-9-18/h2-12H,13H2,1H3,(H,29,31,33)/b19-10+. The second-order valence-corrected chi connectivity index (χ2v) is 9.14. The third-order valence-electron chi connectivity index (χ3n) is 5.05. The number of methoxy groups -OCH3 is 1. The largest absolute Gasteiger partial charge is 0.493 e. The van der Waals surface area contributed by atoms with Gasteiger partial charge in [-0.1, -0.05) is 51.3 Å². The minimum Gasteiger partial charge on any atom is -0.493 e. The fraction of sp³-hybridized carbons (Fsp3) is 0.0800. The summed E-state index contributed by atoms with van der Waals surface area (Å²) in [5.74, 6) is -0.967. The van der Waals surface area contributed by atoms with E-state index in [0.717, 1.165) is 14.9 Å². The second-order valence-electron chi connectivity index (χ2n) is 7.38. The Labute approximate surface area is 219 Å². The molecule has 1 N–H and O–H groups in total. The quantitative estimate of drug-likeness (QED) is 0.287. The molecular formula is C25H17BrCl2N2O5. The highest BCUT2D eigenvalue weighted by atomic mass is 79.9. The van der Waals surface area contributed by atoms with Crippen molar-refractivity contribution in [3.63, 3.8) is 0 Å². The van der Waals surface area contributed by atoms with Crippen molar-refractivity contribution in [2.45, 2.75) is 6.61 Å². The number of rotatable bonds is 6. The molecule has 4 amide bonds. The molecule has 1 heterocycles. The Morgan fingerprint density at radius 3 is 2.34 bits per heavy atom.